The number of carbonyl (C=O) groups excluding carboxylic acids is 2. The molecule has 28 heavy (non-hydrogen) atoms. The number of likely N-dealkylation sites (tertiary alicyclic amines) is 1. The number of nitrogens with two attached hydrogens (primary N) is 1. The summed E-state index contributed by atoms with van der Waals surface area (Å²) >= 11 is 0. The van der Waals surface area contributed by atoms with Gasteiger partial charge in [0.15, 0.2) is 0 Å². The zero-order valence-electron chi connectivity index (χ0n) is 17.2. The maximum Gasteiger partial charge on any atom is 0.253 e. The van der Waals surface area contributed by atoms with Crippen LogP contribution in [0.4, 0.5) is 5.69 Å². The lowest BCUT2D eigenvalue weighted by Gasteiger charge is -2.35. The quantitative estimate of drug-likeness (QED) is 0.792. The second-order valence-electron chi connectivity index (χ2n) is 8.79. The molecule has 4 atom stereocenters. The Morgan fingerprint density at radius 1 is 1.18 bits per heavy atom. The van der Waals surface area contributed by atoms with Gasteiger partial charge in [0.05, 0.1) is 0 Å². The molecule has 2 amide bonds. The summed E-state index contributed by atoms with van der Waals surface area (Å²) in [6.07, 6.45) is 4.77. The van der Waals surface area contributed by atoms with Gasteiger partial charge in [0.2, 0.25) is 5.91 Å². The van der Waals surface area contributed by atoms with E-state index in [4.69, 9.17) is 5.73 Å². The molecule has 0 spiro atoms. The number of carbonyl (C=O) groups is 2. The molecule has 1 heterocycles. The van der Waals surface area contributed by atoms with Gasteiger partial charge in [-0.25, -0.2) is 0 Å². The third-order valence-electron chi connectivity index (χ3n) is 6.08. The molecule has 6 heteroatoms. The summed E-state index contributed by atoms with van der Waals surface area (Å²) in [5, 5.41) is 3.01. The Morgan fingerprint density at radius 3 is 2.46 bits per heavy atom. The molecule has 156 valence electrons. The fraction of sp³-hybridized carbons (Fsp3) is 0.636. The lowest BCUT2D eigenvalue weighted by Crippen LogP contribution is -2.42. The summed E-state index contributed by atoms with van der Waals surface area (Å²) in [6.45, 7) is 7.96. The van der Waals surface area contributed by atoms with Gasteiger partial charge in [0, 0.05) is 36.8 Å². The van der Waals surface area contributed by atoms with Crippen molar-refractivity contribution in [2.45, 2.75) is 58.9 Å². The Labute approximate surface area is 174 Å². The molecule has 0 radical (unpaired) electrons. The minimum Gasteiger partial charge on any atom is -0.338 e. The van der Waals surface area contributed by atoms with Gasteiger partial charge in [-0.05, 0) is 61.6 Å². The van der Waals surface area contributed by atoms with E-state index in [0.29, 0.717) is 23.8 Å². The van der Waals surface area contributed by atoms with E-state index in [1.165, 1.54) is 6.42 Å². The number of benzene rings is 1. The average molecular weight is 408 g/mol. The van der Waals surface area contributed by atoms with E-state index in [1.54, 1.807) is 0 Å². The third kappa shape index (κ3) is 5.48. The van der Waals surface area contributed by atoms with Gasteiger partial charge in [-0.15, -0.1) is 12.4 Å². The number of piperidine rings is 1. The first kappa shape index (κ1) is 22.7. The topological polar surface area (TPSA) is 75.4 Å². The van der Waals surface area contributed by atoms with Crippen LogP contribution in [0.15, 0.2) is 18.2 Å². The molecule has 1 aromatic rings. The van der Waals surface area contributed by atoms with E-state index in [-0.39, 0.29) is 36.2 Å². The highest BCUT2D eigenvalue weighted by Gasteiger charge is 2.28. The number of aryl methyl sites for hydroxylation is 1. The van der Waals surface area contributed by atoms with Crippen molar-refractivity contribution < 1.29 is 9.59 Å². The molecule has 1 saturated carbocycles. The Hall–Kier alpha value is -1.59. The van der Waals surface area contributed by atoms with Gasteiger partial charge >= 0.3 is 0 Å². The zero-order valence-corrected chi connectivity index (χ0v) is 18.1. The van der Waals surface area contributed by atoms with Gasteiger partial charge in [-0.2, -0.15) is 0 Å². The first-order valence-electron chi connectivity index (χ1n) is 10.3. The van der Waals surface area contributed by atoms with Crippen LogP contribution in [0.3, 0.4) is 0 Å². The number of anilines is 1. The highest BCUT2D eigenvalue weighted by atomic mass is 35.5. The van der Waals surface area contributed by atoms with Crippen LogP contribution in [0.25, 0.3) is 0 Å². The van der Waals surface area contributed by atoms with Crippen molar-refractivity contribution in [2.24, 2.45) is 23.5 Å². The van der Waals surface area contributed by atoms with Crippen molar-refractivity contribution >= 4 is 29.9 Å². The number of amides is 2. The molecular weight excluding hydrogens is 374 g/mol. The Bertz CT molecular complexity index is 699. The van der Waals surface area contributed by atoms with Gasteiger partial charge in [-0.3, -0.25) is 9.59 Å². The monoisotopic (exact) mass is 407 g/mol. The maximum absolute atomic E-state index is 13.0. The minimum absolute atomic E-state index is 0. The van der Waals surface area contributed by atoms with Gasteiger partial charge in [-0.1, -0.05) is 26.3 Å². The van der Waals surface area contributed by atoms with Crippen molar-refractivity contribution in [3.8, 4) is 0 Å². The van der Waals surface area contributed by atoms with Crippen LogP contribution in [0.2, 0.25) is 0 Å². The summed E-state index contributed by atoms with van der Waals surface area (Å²) < 4.78 is 0. The lowest BCUT2D eigenvalue weighted by molar-refractivity contribution is -0.117. The molecule has 3 N–H and O–H groups in total. The van der Waals surface area contributed by atoms with Crippen molar-refractivity contribution in [3.05, 3.63) is 29.3 Å². The lowest BCUT2D eigenvalue weighted by atomic mass is 9.91. The zero-order chi connectivity index (χ0) is 19.6. The largest absolute Gasteiger partial charge is 0.338 e. The molecule has 3 rings (SSSR count). The maximum atomic E-state index is 13.0. The van der Waals surface area contributed by atoms with E-state index >= 15 is 0 Å². The first-order chi connectivity index (χ1) is 12.8. The van der Waals surface area contributed by atoms with Crippen molar-refractivity contribution in [3.63, 3.8) is 0 Å². The number of nitrogens with one attached hydrogen (secondary N) is 1. The molecule has 1 aliphatic carbocycles. The summed E-state index contributed by atoms with van der Waals surface area (Å²) in [4.78, 5) is 27.4. The standard InChI is InChI=1S/C22H33N3O2.ClH/c1-14-9-15(2)13-25(12-14)22(27)18-8-7-16(3)20(10-18)24-21(26)11-17-5-4-6-19(17)23;/h7-8,10,14-15,17,19H,4-6,9,11-13,23H2,1-3H3,(H,24,26);1H/t14?,15?,17-,19+;/m0./s1. The number of hydrogen-bond donors (Lipinski definition) is 2. The van der Waals surface area contributed by atoms with Gasteiger partial charge in [0.25, 0.3) is 5.91 Å². The summed E-state index contributed by atoms with van der Waals surface area (Å²) in [5.74, 6) is 1.37. The number of rotatable bonds is 4. The van der Waals surface area contributed by atoms with E-state index in [0.717, 1.165) is 43.6 Å². The fourth-order valence-electron chi connectivity index (χ4n) is 4.66. The molecule has 2 aliphatic rings. The number of nitrogens with zero attached hydrogens (tertiary/aromatic N) is 1. The highest BCUT2D eigenvalue weighted by Crippen LogP contribution is 2.28. The smallest absolute Gasteiger partial charge is 0.253 e. The van der Waals surface area contributed by atoms with Gasteiger partial charge < -0.3 is 16.0 Å². The normalized spacial score (nSPS) is 27.2. The molecule has 0 aromatic heterocycles. The molecular formula is C22H34ClN3O2. The van der Waals surface area contributed by atoms with Crippen LogP contribution in [0.5, 0.6) is 0 Å². The van der Waals surface area contributed by atoms with Crippen LogP contribution in [-0.4, -0.2) is 35.8 Å². The Kier molecular flexibility index (Phi) is 7.90. The number of halogens is 1. The van der Waals surface area contributed by atoms with Crippen LogP contribution in [-0.2, 0) is 4.79 Å². The molecule has 1 saturated heterocycles. The predicted octanol–water partition coefficient (Wildman–Crippen LogP) is 3.99. The summed E-state index contributed by atoms with van der Waals surface area (Å²) in [7, 11) is 0. The molecule has 0 bridgehead atoms. The third-order valence-corrected chi connectivity index (χ3v) is 6.08. The summed E-state index contributed by atoms with van der Waals surface area (Å²) in [5.41, 5.74) is 8.44. The van der Waals surface area contributed by atoms with Crippen LogP contribution >= 0.6 is 12.4 Å². The van der Waals surface area contributed by atoms with Crippen LogP contribution < -0.4 is 11.1 Å². The van der Waals surface area contributed by atoms with E-state index < -0.39 is 0 Å². The highest BCUT2D eigenvalue weighted by molar-refractivity contribution is 5.98. The minimum atomic E-state index is -0.00901. The van der Waals surface area contributed by atoms with E-state index in [9.17, 15) is 9.59 Å². The molecule has 2 unspecified atom stereocenters. The van der Waals surface area contributed by atoms with Crippen LogP contribution in [0, 0.1) is 24.7 Å². The second-order valence-corrected chi connectivity index (χ2v) is 8.79. The van der Waals surface area contributed by atoms with Crippen molar-refractivity contribution in [2.75, 3.05) is 18.4 Å². The van der Waals surface area contributed by atoms with Gasteiger partial charge in [0.1, 0.15) is 0 Å². The summed E-state index contributed by atoms with van der Waals surface area (Å²) in [6, 6.07) is 5.74. The molecule has 2 fully saturated rings. The molecule has 1 aromatic carbocycles. The molecule has 5 nitrogen and oxygen atoms in total. The van der Waals surface area contributed by atoms with E-state index in [1.807, 2.05) is 30.0 Å². The van der Waals surface area contributed by atoms with Crippen LogP contribution in [0.1, 0.15) is 61.9 Å². The Morgan fingerprint density at radius 2 is 1.86 bits per heavy atom. The molecule has 1 aliphatic heterocycles. The number of hydrogen-bond acceptors (Lipinski definition) is 3. The van der Waals surface area contributed by atoms with Crippen molar-refractivity contribution in [1.29, 1.82) is 0 Å². The Balaban J connectivity index is 0.00000280. The van der Waals surface area contributed by atoms with Crippen molar-refractivity contribution in [1.82, 2.24) is 4.90 Å². The second kappa shape index (κ2) is 9.75. The SMILES string of the molecule is Cc1ccc(C(=O)N2CC(C)CC(C)C2)cc1NC(=O)C[C@@H]1CCC[C@H]1N.Cl. The average Bonchev–Trinajstić information content (AvgIpc) is 3.00. The fourth-order valence-corrected chi connectivity index (χ4v) is 4.66. The predicted molar refractivity (Wildman–Crippen MR) is 116 cm³/mol. The van der Waals surface area contributed by atoms with E-state index in [2.05, 4.69) is 19.2 Å². The first-order valence-corrected chi connectivity index (χ1v) is 10.3.